The summed E-state index contributed by atoms with van der Waals surface area (Å²) in [5, 5.41) is 10.6. The van der Waals surface area contributed by atoms with E-state index in [1.807, 2.05) is 29.5 Å². The molecule has 0 aliphatic carbocycles. The molecule has 0 radical (unpaired) electrons. The second-order valence-corrected chi connectivity index (χ2v) is 9.24. The van der Waals surface area contributed by atoms with E-state index in [0.717, 1.165) is 16.6 Å². The Morgan fingerprint density at radius 1 is 1.19 bits per heavy atom. The van der Waals surface area contributed by atoms with Crippen LogP contribution in [0.4, 0.5) is 0 Å². The predicted molar refractivity (Wildman–Crippen MR) is 101 cm³/mol. The third-order valence-corrected chi connectivity index (χ3v) is 6.05. The summed E-state index contributed by atoms with van der Waals surface area (Å²) in [6.45, 7) is 4.87. The Bertz CT molecular complexity index is 941. The van der Waals surface area contributed by atoms with Gasteiger partial charge in [-0.25, -0.2) is 8.42 Å². The molecular weight excluding hydrogens is 354 g/mol. The molecule has 7 nitrogen and oxygen atoms in total. The molecule has 0 spiro atoms. The van der Waals surface area contributed by atoms with E-state index in [9.17, 15) is 18.3 Å². The number of hydrogen-bond acceptors (Lipinski definition) is 5. The molecule has 0 saturated carbocycles. The smallest absolute Gasteiger partial charge is 0.256 e. The monoisotopic (exact) mass is 379 g/mol. The topological polar surface area (TPSA) is 82.8 Å². The fourth-order valence-electron chi connectivity index (χ4n) is 3.46. The average molecular weight is 379 g/mol. The number of carbonyl (C=O) groups is 1. The highest BCUT2D eigenvalue weighted by Crippen LogP contribution is 2.29. The van der Waals surface area contributed by atoms with Crippen molar-refractivity contribution in [2.24, 2.45) is 7.05 Å². The zero-order valence-electron chi connectivity index (χ0n) is 15.4. The summed E-state index contributed by atoms with van der Waals surface area (Å²) in [5.41, 5.74) is 2.41. The third-order valence-electron chi connectivity index (χ3n) is 5.13. The minimum absolute atomic E-state index is 0.0403. The molecule has 3 rings (SSSR count). The number of hydrogen-bond donors (Lipinski definition) is 1. The first-order valence-corrected chi connectivity index (χ1v) is 10.7. The lowest BCUT2D eigenvalue weighted by Crippen LogP contribution is -2.49. The summed E-state index contributed by atoms with van der Waals surface area (Å²) in [6.07, 6.45) is 1.24. The number of fused-ring (bicyclic) bond motifs is 1. The van der Waals surface area contributed by atoms with Crippen LogP contribution in [0.3, 0.4) is 0 Å². The summed E-state index contributed by atoms with van der Waals surface area (Å²) in [4.78, 5) is 17.0. The number of aromatic hydroxyl groups is 1. The zero-order chi connectivity index (χ0) is 19.1. The Hall–Kier alpha value is -2.06. The number of aromatic nitrogens is 1. The van der Waals surface area contributed by atoms with E-state index in [1.165, 1.54) is 6.26 Å². The van der Waals surface area contributed by atoms with Gasteiger partial charge in [0.2, 0.25) is 0 Å². The first kappa shape index (κ1) is 18.7. The molecule has 1 aliphatic heterocycles. The fourth-order valence-corrected chi connectivity index (χ4v) is 4.05. The Labute approximate surface area is 153 Å². The summed E-state index contributed by atoms with van der Waals surface area (Å²) >= 11 is 0. The number of phenols is 1. The van der Waals surface area contributed by atoms with Gasteiger partial charge in [-0.3, -0.25) is 9.69 Å². The Balaban J connectivity index is 1.76. The van der Waals surface area contributed by atoms with Crippen LogP contribution in [-0.2, 0) is 16.9 Å². The van der Waals surface area contributed by atoms with Crippen molar-refractivity contribution in [3.05, 3.63) is 29.5 Å². The van der Waals surface area contributed by atoms with Crippen molar-refractivity contribution < 1.29 is 18.3 Å². The molecule has 142 valence electrons. The van der Waals surface area contributed by atoms with Crippen molar-refractivity contribution in [2.75, 3.05) is 44.7 Å². The molecular formula is C18H25N3O4S. The SMILES string of the molecule is Cc1c(C(=O)N2CCN(CCS(C)(=O)=O)CC2)c2cc(O)ccc2n1C. The summed E-state index contributed by atoms with van der Waals surface area (Å²) in [5.74, 6) is 0.243. The number of phenolic OH excluding ortho intramolecular Hbond substituents is 1. The number of sulfone groups is 1. The number of rotatable bonds is 4. The van der Waals surface area contributed by atoms with E-state index in [1.54, 1.807) is 12.1 Å². The third kappa shape index (κ3) is 3.71. The molecule has 1 aromatic carbocycles. The minimum atomic E-state index is -2.98. The van der Waals surface area contributed by atoms with Crippen LogP contribution in [-0.4, -0.2) is 78.5 Å². The lowest BCUT2D eigenvalue weighted by atomic mass is 10.1. The van der Waals surface area contributed by atoms with Gasteiger partial charge in [0.15, 0.2) is 0 Å². The van der Waals surface area contributed by atoms with Gasteiger partial charge >= 0.3 is 0 Å². The van der Waals surface area contributed by atoms with Crippen molar-refractivity contribution in [3.63, 3.8) is 0 Å². The largest absolute Gasteiger partial charge is 0.508 e. The highest BCUT2D eigenvalue weighted by molar-refractivity contribution is 7.90. The van der Waals surface area contributed by atoms with Gasteiger partial charge in [-0.2, -0.15) is 0 Å². The van der Waals surface area contributed by atoms with Crippen LogP contribution in [0.2, 0.25) is 0 Å². The lowest BCUT2D eigenvalue weighted by Gasteiger charge is -2.34. The van der Waals surface area contributed by atoms with Gasteiger partial charge in [0.05, 0.1) is 11.3 Å². The number of piperazine rings is 1. The predicted octanol–water partition coefficient (Wildman–Crippen LogP) is 0.995. The molecule has 0 atom stereocenters. The van der Waals surface area contributed by atoms with E-state index < -0.39 is 9.84 Å². The normalized spacial score (nSPS) is 16.3. The van der Waals surface area contributed by atoms with Crippen molar-refractivity contribution >= 4 is 26.6 Å². The van der Waals surface area contributed by atoms with Crippen LogP contribution in [0.25, 0.3) is 10.9 Å². The van der Waals surface area contributed by atoms with Crippen LogP contribution in [0.1, 0.15) is 16.1 Å². The van der Waals surface area contributed by atoms with Crippen molar-refractivity contribution in [1.29, 1.82) is 0 Å². The summed E-state index contributed by atoms with van der Waals surface area (Å²) in [7, 11) is -1.06. The standard InChI is InChI=1S/C18H25N3O4S/c1-13-17(15-12-14(22)4-5-16(15)19(13)2)18(23)21-8-6-20(7-9-21)10-11-26(3,24)25/h4-5,12,22H,6-11H2,1-3H3. The van der Waals surface area contributed by atoms with E-state index in [4.69, 9.17) is 0 Å². The highest BCUT2D eigenvalue weighted by Gasteiger charge is 2.27. The van der Waals surface area contributed by atoms with Gasteiger partial charge in [0.1, 0.15) is 15.6 Å². The maximum atomic E-state index is 13.1. The van der Waals surface area contributed by atoms with Crippen LogP contribution in [0.15, 0.2) is 18.2 Å². The maximum Gasteiger partial charge on any atom is 0.256 e. The molecule has 1 amide bonds. The Morgan fingerprint density at radius 3 is 2.46 bits per heavy atom. The summed E-state index contributed by atoms with van der Waals surface area (Å²) in [6, 6.07) is 5.08. The van der Waals surface area contributed by atoms with Crippen molar-refractivity contribution in [1.82, 2.24) is 14.4 Å². The second kappa shape index (κ2) is 6.92. The molecule has 2 aromatic rings. The minimum Gasteiger partial charge on any atom is -0.508 e. The lowest BCUT2D eigenvalue weighted by molar-refractivity contribution is 0.0645. The number of aryl methyl sites for hydroxylation is 1. The van der Waals surface area contributed by atoms with Gasteiger partial charge in [-0.1, -0.05) is 0 Å². The molecule has 8 heteroatoms. The molecule has 0 bridgehead atoms. The van der Waals surface area contributed by atoms with Gasteiger partial charge in [-0.15, -0.1) is 0 Å². The first-order chi connectivity index (χ1) is 12.2. The van der Waals surface area contributed by atoms with Crippen LogP contribution in [0.5, 0.6) is 5.75 Å². The van der Waals surface area contributed by atoms with E-state index in [2.05, 4.69) is 4.90 Å². The molecule has 2 heterocycles. The molecule has 1 aliphatic rings. The highest BCUT2D eigenvalue weighted by atomic mass is 32.2. The van der Waals surface area contributed by atoms with Crippen molar-refractivity contribution in [3.8, 4) is 5.75 Å². The van der Waals surface area contributed by atoms with Gasteiger partial charge < -0.3 is 14.6 Å². The number of carbonyl (C=O) groups excluding carboxylic acids is 1. The average Bonchev–Trinajstić information content (AvgIpc) is 2.83. The van der Waals surface area contributed by atoms with Gasteiger partial charge in [0, 0.05) is 62.6 Å². The van der Waals surface area contributed by atoms with Crippen LogP contribution >= 0.6 is 0 Å². The molecule has 26 heavy (non-hydrogen) atoms. The van der Waals surface area contributed by atoms with E-state index in [0.29, 0.717) is 38.3 Å². The van der Waals surface area contributed by atoms with Gasteiger partial charge in [-0.05, 0) is 25.1 Å². The molecule has 1 N–H and O–H groups in total. The Kier molecular flexibility index (Phi) is 4.98. The first-order valence-electron chi connectivity index (χ1n) is 8.65. The quantitative estimate of drug-likeness (QED) is 0.857. The zero-order valence-corrected chi connectivity index (χ0v) is 16.2. The fraction of sp³-hybridized carbons (Fsp3) is 0.500. The number of nitrogens with zero attached hydrogens (tertiary/aromatic N) is 3. The molecule has 1 aromatic heterocycles. The maximum absolute atomic E-state index is 13.1. The van der Waals surface area contributed by atoms with E-state index >= 15 is 0 Å². The Morgan fingerprint density at radius 2 is 1.85 bits per heavy atom. The molecule has 1 fully saturated rings. The van der Waals surface area contributed by atoms with Crippen LogP contribution in [0, 0.1) is 6.92 Å². The molecule has 0 unspecified atom stereocenters. The summed E-state index contributed by atoms with van der Waals surface area (Å²) < 4.78 is 24.6. The second-order valence-electron chi connectivity index (χ2n) is 6.98. The van der Waals surface area contributed by atoms with E-state index in [-0.39, 0.29) is 17.4 Å². The number of benzene rings is 1. The van der Waals surface area contributed by atoms with Crippen LogP contribution < -0.4 is 0 Å². The van der Waals surface area contributed by atoms with Gasteiger partial charge in [0.25, 0.3) is 5.91 Å². The molecule has 1 saturated heterocycles. The van der Waals surface area contributed by atoms with Crippen molar-refractivity contribution in [2.45, 2.75) is 6.92 Å². The number of amides is 1.